The SMILES string of the molecule is Cc1[nH]c2ccccc2c1C(=O)C[NH+]1CCC[C@@H](C)C1. The highest BCUT2D eigenvalue weighted by molar-refractivity contribution is 6.09. The van der Waals surface area contributed by atoms with Crippen molar-refractivity contribution in [1.29, 1.82) is 0 Å². The van der Waals surface area contributed by atoms with Crippen molar-refractivity contribution >= 4 is 16.7 Å². The fraction of sp³-hybridized carbons (Fsp3) is 0.471. The number of carbonyl (C=O) groups is 1. The van der Waals surface area contributed by atoms with Crippen LogP contribution in [0.3, 0.4) is 0 Å². The third kappa shape index (κ3) is 2.50. The van der Waals surface area contributed by atoms with Crippen LogP contribution in [-0.4, -0.2) is 30.4 Å². The van der Waals surface area contributed by atoms with Crippen molar-refractivity contribution in [2.24, 2.45) is 5.92 Å². The fourth-order valence-electron chi connectivity index (χ4n) is 3.51. The number of para-hydroxylation sites is 1. The first-order chi connectivity index (χ1) is 9.65. The van der Waals surface area contributed by atoms with E-state index in [4.69, 9.17) is 0 Å². The number of fused-ring (bicyclic) bond motifs is 1. The summed E-state index contributed by atoms with van der Waals surface area (Å²) in [7, 11) is 0. The van der Waals surface area contributed by atoms with Crippen LogP contribution in [0.5, 0.6) is 0 Å². The Morgan fingerprint density at radius 2 is 2.20 bits per heavy atom. The molecule has 1 aromatic heterocycles. The van der Waals surface area contributed by atoms with Crippen molar-refractivity contribution in [3.63, 3.8) is 0 Å². The highest BCUT2D eigenvalue weighted by Crippen LogP contribution is 2.21. The number of aromatic nitrogens is 1. The molecule has 2 heterocycles. The minimum absolute atomic E-state index is 0.282. The maximum atomic E-state index is 12.7. The maximum absolute atomic E-state index is 12.7. The zero-order chi connectivity index (χ0) is 14.1. The zero-order valence-corrected chi connectivity index (χ0v) is 12.3. The minimum Gasteiger partial charge on any atom is -0.358 e. The normalized spacial score (nSPS) is 23.1. The number of nitrogens with one attached hydrogen (secondary N) is 2. The number of hydrogen-bond acceptors (Lipinski definition) is 1. The third-order valence-corrected chi connectivity index (χ3v) is 4.45. The van der Waals surface area contributed by atoms with Crippen molar-refractivity contribution in [3.8, 4) is 0 Å². The summed E-state index contributed by atoms with van der Waals surface area (Å²) in [5.74, 6) is 1.03. The van der Waals surface area contributed by atoms with Crippen molar-refractivity contribution in [2.75, 3.05) is 19.6 Å². The van der Waals surface area contributed by atoms with Gasteiger partial charge in [-0.2, -0.15) is 0 Å². The van der Waals surface area contributed by atoms with E-state index in [0.29, 0.717) is 6.54 Å². The molecular formula is C17H23N2O+. The quantitative estimate of drug-likeness (QED) is 0.823. The Morgan fingerprint density at radius 1 is 1.40 bits per heavy atom. The number of rotatable bonds is 3. The molecule has 1 aliphatic heterocycles. The van der Waals surface area contributed by atoms with E-state index < -0.39 is 0 Å². The molecule has 20 heavy (non-hydrogen) atoms. The lowest BCUT2D eigenvalue weighted by molar-refractivity contribution is -0.900. The lowest BCUT2D eigenvalue weighted by Crippen LogP contribution is -3.14. The van der Waals surface area contributed by atoms with Crippen LogP contribution < -0.4 is 4.90 Å². The summed E-state index contributed by atoms with van der Waals surface area (Å²) in [6.45, 7) is 7.19. The summed E-state index contributed by atoms with van der Waals surface area (Å²) in [6, 6.07) is 8.08. The van der Waals surface area contributed by atoms with Gasteiger partial charge in [0.25, 0.3) is 0 Å². The lowest BCUT2D eigenvalue weighted by Gasteiger charge is -2.27. The monoisotopic (exact) mass is 271 g/mol. The van der Waals surface area contributed by atoms with Crippen LogP contribution in [0.25, 0.3) is 10.9 Å². The Kier molecular flexibility index (Phi) is 3.62. The van der Waals surface area contributed by atoms with Crippen molar-refractivity contribution < 1.29 is 9.69 Å². The van der Waals surface area contributed by atoms with Gasteiger partial charge in [-0.3, -0.25) is 4.79 Å². The number of aryl methyl sites for hydroxylation is 1. The van der Waals surface area contributed by atoms with Gasteiger partial charge in [-0.15, -0.1) is 0 Å². The van der Waals surface area contributed by atoms with Gasteiger partial charge >= 0.3 is 0 Å². The second kappa shape index (κ2) is 5.41. The van der Waals surface area contributed by atoms with E-state index >= 15 is 0 Å². The molecule has 106 valence electrons. The number of likely N-dealkylation sites (tertiary alicyclic amines) is 1. The smallest absolute Gasteiger partial charge is 0.219 e. The number of aromatic amines is 1. The standard InChI is InChI=1S/C17H22N2O/c1-12-6-5-9-19(10-12)11-16(20)17-13(2)18-15-8-4-3-7-14(15)17/h3-4,7-8,12,18H,5-6,9-11H2,1-2H3/p+1/t12-/m1/s1. The molecule has 0 radical (unpaired) electrons. The molecule has 0 aliphatic carbocycles. The van der Waals surface area contributed by atoms with Crippen molar-refractivity contribution in [3.05, 3.63) is 35.5 Å². The van der Waals surface area contributed by atoms with Crippen LogP contribution in [-0.2, 0) is 0 Å². The molecule has 0 spiro atoms. The molecule has 1 aliphatic rings. The number of carbonyl (C=O) groups excluding carboxylic acids is 1. The topological polar surface area (TPSA) is 37.3 Å². The largest absolute Gasteiger partial charge is 0.358 e. The Bertz CT molecular complexity index is 629. The van der Waals surface area contributed by atoms with Crippen LogP contribution in [0.1, 0.15) is 35.8 Å². The van der Waals surface area contributed by atoms with Crippen LogP contribution >= 0.6 is 0 Å². The molecule has 3 nitrogen and oxygen atoms in total. The average molecular weight is 271 g/mol. The van der Waals surface area contributed by atoms with E-state index in [1.807, 2.05) is 31.2 Å². The van der Waals surface area contributed by atoms with Gasteiger partial charge in [-0.1, -0.05) is 25.1 Å². The number of ketones is 1. The molecule has 1 fully saturated rings. The number of piperidine rings is 1. The Labute approximate surface area is 120 Å². The van der Waals surface area contributed by atoms with E-state index in [0.717, 1.165) is 41.2 Å². The van der Waals surface area contributed by atoms with Crippen LogP contribution in [0.4, 0.5) is 0 Å². The summed E-state index contributed by atoms with van der Waals surface area (Å²) in [5.41, 5.74) is 2.96. The molecule has 1 aromatic carbocycles. The number of Topliss-reactive ketones (excluding diaryl/α,β-unsaturated/α-hetero) is 1. The van der Waals surface area contributed by atoms with Gasteiger partial charge in [0.1, 0.15) is 6.54 Å². The first-order valence-corrected chi connectivity index (χ1v) is 7.59. The van der Waals surface area contributed by atoms with E-state index in [2.05, 4.69) is 11.9 Å². The Balaban J connectivity index is 1.83. The van der Waals surface area contributed by atoms with Gasteiger partial charge < -0.3 is 9.88 Å². The average Bonchev–Trinajstić information content (AvgIpc) is 2.74. The lowest BCUT2D eigenvalue weighted by atomic mass is 9.99. The predicted molar refractivity (Wildman–Crippen MR) is 81.3 cm³/mol. The van der Waals surface area contributed by atoms with Gasteiger partial charge in [0.2, 0.25) is 5.78 Å². The second-order valence-electron chi connectivity index (χ2n) is 6.22. The molecular weight excluding hydrogens is 248 g/mol. The molecule has 1 saturated heterocycles. The number of H-pyrrole nitrogens is 1. The first kappa shape index (κ1) is 13.4. The van der Waals surface area contributed by atoms with Crippen LogP contribution in [0, 0.1) is 12.8 Å². The third-order valence-electron chi connectivity index (χ3n) is 4.45. The van der Waals surface area contributed by atoms with Crippen LogP contribution in [0.2, 0.25) is 0 Å². The molecule has 0 bridgehead atoms. The summed E-state index contributed by atoms with van der Waals surface area (Å²) in [6.07, 6.45) is 2.56. The highest BCUT2D eigenvalue weighted by Gasteiger charge is 2.24. The molecule has 1 unspecified atom stereocenters. The van der Waals surface area contributed by atoms with Crippen molar-refractivity contribution in [2.45, 2.75) is 26.7 Å². The van der Waals surface area contributed by atoms with Gasteiger partial charge in [-0.25, -0.2) is 0 Å². The van der Waals surface area contributed by atoms with Gasteiger partial charge in [0, 0.05) is 22.5 Å². The molecule has 2 aromatic rings. The number of benzene rings is 1. The van der Waals surface area contributed by atoms with E-state index in [9.17, 15) is 4.79 Å². The molecule has 2 N–H and O–H groups in total. The maximum Gasteiger partial charge on any atom is 0.219 e. The molecule has 3 heteroatoms. The summed E-state index contributed by atoms with van der Waals surface area (Å²) < 4.78 is 0. The first-order valence-electron chi connectivity index (χ1n) is 7.59. The molecule has 3 rings (SSSR count). The van der Waals surface area contributed by atoms with E-state index in [1.165, 1.54) is 17.7 Å². The second-order valence-corrected chi connectivity index (χ2v) is 6.22. The van der Waals surface area contributed by atoms with Crippen LogP contribution in [0.15, 0.2) is 24.3 Å². The minimum atomic E-state index is 0.282. The predicted octanol–water partition coefficient (Wildman–Crippen LogP) is 1.97. The van der Waals surface area contributed by atoms with E-state index in [-0.39, 0.29) is 5.78 Å². The highest BCUT2D eigenvalue weighted by atomic mass is 16.1. The summed E-state index contributed by atoms with van der Waals surface area (Å²) in [4.78, 5) is 17.4. The Morgan fingerprint density at radius 3 is 3.00 bits per heavy atom. The Hall–Kier alpha value is -1.61. The number of quaternary nitrogens is 1. The van der Waals surface area contributed by atoms with Gasteiger partial charge in [-0.05, 0) is 25.8 Å². The molecule has 2 atom stereocenters. The van der Waals surface area contributed by atoms with Gasteiger partial charge in [0.05, 0.1) is 18.7 Å². The molecule has 0 saturated carbocycles. The molecule has 0 amide bonds. The van der Waals surface area contributed by atoms with Gasteiger partial charge in [0.15, 0.2) is 0 Å². The summed E-state index contributed by atoms with van der Waals surface area (Å²) in [5, 5.41) is 1.07. The van der Waals surface area contributed by atoms with Crippen molar-refractivity contribution in [1.82, 2.24) is 4.98 Å². The summed E-state index contributed by atoms with van der Waals surface area (Å²) >= 11 is 0. The zero-order valence-electron chi connectivity index (χ0n) is 12.3. The van der Waals surface area contributed by atoms with E-state index in [1.54, 1.807) is 0 Å². The fourth-order valence-corrected chi connectivity index (χ4v) is 3.51. The number of hydrogen-bond donors (Lipinski definition) is 2.